The molecule has 1 amide bonds. The van der Waals surface area contributed by atoms with Gasteiger partial charge >= 0.3 is 0 Å². The first-order chi connectivity index (χ1) is 10.3. The lowest BCUT2D eigenvalue weighted by Crippen LogP contribution is -2.55. The Kier molecular flexibility index (Phi) is 4.84. The van der Waals surface area contributed by atoms with Gasteiger partial charge in [0.2, 0.25) is 0 Å². The minimum absolute atomic E-state index is 0.136. The number of hydrogen-bond donors (Lipinski definition) is 1. The van der Waals surface area contributed by atoms with E-state index in [-0.39, 0.29) is 12.0 Å². The zero-order chi connectivity index (χ0) is 14.5. The summed E-state index contributed by atoms with van der Waals surface area (Å²) in [6.07, 6.45) is 5.33. The van der Waals surface area contributed by atoms with Crippen LogP contribution in [-0.4, -0.2) is 83.8 Å². The highest BCUT2D eigenvalue weighted by Crippen LogP contribution is 2.07. The topological polar surface area (TPSA) is 62.6 Å². The number of nitrogens with one attached hydrogen (secondary N) is 1. The highest BCUT2D eigenvalue weighted by atomic mass is 16.5. The minimum Gasteiger partial charge on any atom is -0.366 e. The van der Waals surface area contributed by atoms with Gasteiger partial charge in [0.15, 0.2) is 0 Å². The van der Waals surface area contributed by atoms with Crippen molar-refractivity contribution < 1.29 is 9.53 Å². The van der Waals surface area contributed by atoms with E-state index < -0.39 is 0 Å². The van der Waals surface area contributed by atoms with E-state index in [2.05, 4.69) is 19.8 Å². The van der Waals surface area contributed by atoms with E-state index >= 15 is 0 Å². The Morgan fingerprint density at radius 1 is 1.29 bits per heavy atom. The second-order valence-corrected chi connectivity index (χ2v) is 5.53. The van der Waals surface area contributed by atoms with Crippen LogP contribution in [0.4, 0.5) is 0 Å². The second-order valence-electron chi connectivity index (χ2n) is 5.53. The number of imidazole rings is 1. The summed E-state index contributed by atoms with van der Waals surface area (Å²) in [7, 11) is 0. The summed E-state index contributed by atoms with van der Waals surface area (Å²) in [5, 5.41) is 3.21. The molecule has 0 spiro atoms. The standard InChI is InChI=1S/C14H23N5O2/c20-14(13-11-15-2-10-21-13)19-8-6-17(7-9-19)4-5-18-3-1-16-12-18/h1,3,12-13,15H,2,4-11H2. The first-order valence-electron chi connectivity index (χ1n) is 7.62. The fourth-order valence-corrected chi connectivity index (χ4v) is 2.80. The summed E-state index contributed by atoms with van der Waals surface area (Å²) in [6.45, 7) is 7.50. The van der Waals surface area contributed by atoms with Crippen molar-refractivity contribution in [3.63, 3.8) is 0 Å². The fourth-order valence-electron chi connectivity index (χ4n) is 2.80. The molecule has 0 aliphatic carbocycles. The van der Waals surface area contributed by atoms with E-state index in [0.29, 0.717) is 13.2 Å². The Labute approximate surface area is 124 Å². The Bertz CT molecular complexity index is 436. The molecular weight excluding hydrogens is 270 g/mol. The molecule has 0 aromatic carbocycles. The quantitative estimate of drug-likeness (QED) is 0.773. The summed E-state index contributed by atoms with van der Waals surface area (Å²) >= 11 is 0. The monoisotopic (exact) mass is 293 g/mol. The van der Waals surface area contributed by atoms with E-state index in [1.807, 2.05) is 17.4 Å². The highest BCUT2D eigenvalue weighted by Gasteiger charge is 2.29. The number of hydrogen-bond acceptors (Lipinski definition) is 5. The molecule has 2 aliphatic heterocycles. The maximum atomic E-state index is 12.3. The Morgan fingerprint density at radius 3 is 2.81 bits per heavy atom. The molecule has 0 radical (unpaired) electrons. The van der Waals surface area contributed by atoms with Gasteiger partial charge in [0, 0.05) is 64.8 Å². The van der Waals surface area contributed by atoms with Crippen molar-refractivity contribution in [2.75, 3.05) is 52.4 Å². The molecule has 0 bridgehead atoms. The summed E-state index contributed by atoms with van der Waals surface area (Å²) in [5.74, 6) is 0.136. The van der Waals surface area contributed by atoms with Crippen LogP contribution < -0.4 is 5.32 Å². The Morgan fingerprint density at radius 2 is 2.14 bits per heavy atom. The van der Waals surface area contributed by atoms with Gasteiger partial charge in [0.25, 0.3) is 5.91 Å². The molecule has 21 heavy (non-hydrogen) atoms. The molecule has 2 aliphatic rings. The van der Waals surface area contributed by atoms with E-state index in [4.69, 9.17) is 4.74 Å². The summed E-state index contributed by atoms with van der Waals surface area (Å²) < 4.78 is 7.62. The molecule has 3 heterocycles. The number of aromatic nitrogens is 2. The number of nitrogens with zero attached hydrogens (tertiary/aromatic N) is 4. The summed E-state index contributed by atoms with van der Waals surface area (Å²) in [4.78, 5) is 20.7. The molecule has 116 valence electrons. The van der Waals surface area contributed by atoms with E-state index in [0.717, 1.165) is 45.8 Å². The number of morpholine rings is 1. The van der Waals surface area contributed by atoms with Gasteiger partial charge < -0.3 is 19.5 Å². The van der Waals surface area contributed by atoms with Gasteiger partial charge in [-0.3, -0.25) is 9.69 Å². The van der Waals surface area contributed by atoms with E-state index in [9.17, 15) is 4.79 Å². The molecule has 0 saturated carbocycles. The average Bonchev–Trinajstić information content (AvgIpc) is 3.07. The number of ether oxygens (including phenoxy) is 1. The molecule has 1 N–H and O–H groups in total. The van der Waals surface area contributed by atoms with Crippen LogP contribution >= 0.6 is 0 Å². The SMILES string of the molecule is O=C(C1CNCCO1)N1CCN(CCn2ccnc2)CC1. The van der Waals surface area contributed by atoms with Crippen molar-refractivity contribution in [2.24, 2.45) is 0 Å². The third-order valence-electron chi connectivity index (χ3n) is 4.12. The minimum atomic E-state index is -0.295. The van der Waals surface area contributed by atoms with Gasteiger partial charge in [-0.1, -0.05) is 0 Å². The first-order valence-corrected chi connectivity index (χ1v) is 7.62. The van der Waals surface area contributed by atoms with Crippen molar-refractivity contribution in [2.45, 2.75) is 12.6 Å². The Hall–Kier alpha value is -1.44. The maximum Gasteiger partial charge on any atom is 0.253 e. The lowest BCUT2D eigenvalue weighted by atomic mass is 10.2. The number of carbonyl (C=O) groups excluding carboxylic acids is 1. The van der Waals surface area contributed by atoms with Crippen LogP contribution in [0.25, 0.3) is 0 Å². The van der Waals surface area contributed by atoms with Crippen LogP contribution in [0.15, 0.2) is 18.7 Å². The van der Waals surface area contributed by atoms with Gasteiger partial charge in [-0.05, 0) is 0 Å². The maximum absolute atomic E-state index is 12.3. The highest BCUT2D eigenvalue weighted by molar-refractivity contribution is 5.81. The Balaban J connectivity index is 1.41. The predicted octanol–water partition coefficient (Wildman–Crippen LogP) is -0.984. The predicted molar refractivity (Wildman–Crippen MR) is 77.9 cm³/mol. The molecule has 2 fully saturated rings. The van der Waals surface area contributed by atoms with E-state index in [1.165, 1.54) is 0 Å². The van der Waals surface area contributed by atoms with Gasteiger partial charge in [-0.15, -0.1) is 0 Å². The summed E-state index contributed by atoms with van der Waals surface area (Å²) in [6, 6.07) is 0. The van der Waals surface area contributed by atoms with Crippen molar-refractivity contribution >= 4 is 5.91 Å². The normalized spacial score (nSPS) is 24.2. The van der Waals surface area contributed by atoms with Crippen LogP contribution in [0.1, 0.15) is 0 Å². The third kappa shape index (κ3) is 3.81. The van der Waals surface area contributed by atoms with Crippen LogP contribution in [-0.2, 0) is 16.1 Å². The number of rotatable bonds is 4. The zero-order valence-corrected chi connectivity index (χ0v) is 12.3. The number of amides is 1. The third-order valence-corrected chi connectivity index (χ3v) is 4.12. The summed E-state index contributed by atoms with van der Waals surface area (Å²) in [5.41, 5.74) is 0. The first kappa shape index (κ1) is 14.5. The lowest BCUT2D eigenvalue weighted by Gasteiger charge is -2.37. The lowest BCUT2D eigenvalue weighted by molar-refractivity contribution is -0.147. The molecular formula is C14H23N5O2. The van der Waals surface area contributed by atoms with Crippen molar-refractivity contribution in [3.05, 3.63) is 18.7 Å². The average molecular weight is 293 g/mol. The molecule has 7 heteroatoms. The molecule has 1 unspecified atom stereocenters. The van der Waals surface area contributed by atoms with Gasteiger partial charge in [-0.2, -0.15) is 0 Å². The molecule has 1 aromatic rings. The van der Waals surface area contributed by atoms with Crippen molar-refractivity contribution in [3.8, 4) is 0 Å². The molecule has 2 saturated heterocycles. The van der Waals surface area contributed by atoms with Gasteiger partial charge in [-0.25, -0.2) is 4.98 Å². The van der Waals surface area contributed by atoms with Gasteiger partial charge in [0.1, 0.15) is 6.10 Å². The molecule has 7 nitrogen and oxygen atoms in total. The number of piperazine rings is 1. The fraction of sp³-hybridized carbons (Fsp3) is 0.714. The number of carbonyl (C=O) groups is 1. The zero-order valence-electron chi connectivity index (χ0n) is 12.3. The molecule has 3 rings (SSSR count). The smallest absolute Gasteiger partial charge is 0.253 e. The van der Waals surface area contributed by atoms with Crippen molar-refractivity contribution in [1.82, 2.24) is 24.7 Å². The van der Waals surface area contributed by atoms with E-state index in [1.54, 1.807) is 6.20 Å². The molecule has 1 aromatic heterocycles. The van der Waals surface area contributed by atoms with Crippen molar-refractivity contribution in [1.29, 1.82) is 0 Å². The largest absolute Gasteiger partial charge is 0.366 e. The molecule has 1 atom stereocenters. The van der Waals surface area contributed by atoms with Crippen LogP contribution in [0, 0.1) is 0 Å². The van der Waals surface area contributed by atoms with Crippen LogP contribution in [0.3, 0.4) is 0 Å². The van der Waals surface area contributed by atoms with Crippen LogP contribution in [0.5, 0.6) is 0 Å². The van der Waals surface area contributed by atoms with Gasteiger partial charge in [0.05, 0.1) is 12.9 Å². The second kappa shape index (κ2) is 7.02. The van der Waals surface area contributed by atoms with Crippen LogP contribution in [0.2, 0.25) is 0 Å².